The van der Waals surface area contributed by atoms with E-state index in [1.54, 1.807) is 13.8 Å². The third-order valence-corrected chi connectivity index (χ3v) is 1.74. The van der Waals surface area contributed by atoms with E-state index in [-0.39, 0.29) is 5.97 Å². The predicted octanol–water partition coefficient (Wildman–Crippen LogP) is 1.44. The van der Waals surface area contributed by atoms with Crippen molar-refractivity contribution in [3.63, 3.8) is 0 Å². The molecule has 2 nitrogen and oxygen atoms in total. The largest absolute Gasteiger partial charge is 0.451 e. The first-order valence-electron chi connectivity index (χ1n) is 2.63. The van der Waals surface area contributed by atoms with Crippen LogP contribution in [0.25, 0.3) is 0 Å². The molecule has 0 saturated heterocycles. The van der Waals surface area contributed by atoms with Gasteiger partial charge in [-0.2, -0.15) is 0 Å². The normalized spacial score (nSPS) is 23.4. The average molecular weight is 147 g/mol. The summed E-state index contributed by atoms with van der Waals surface area (Å²) >= 11 is 5.61. The lowest BCUT2D eigenvalue weighted by Crippen LogP contribution is -2.20. The van der Waals surface area contributed by atoms with E-state index >= 15 is 0 Å². The lowest BCUT2D eigenvalue weighted by Gasteiger charge is -2.16. The number of hydrogen-bond acceptors (Lipinski definition) is 2. The molecule has 1 heterocycles. The van der Waals surface area contributed by atoms with Crippen LogP contribution in [0.3, 0.4) is 0 Å². The topological polar surface area (TPSA) is 26.3 Å². The van der Waals surface area contributed by atoms with Crippen molar-refractivity contribution >= 4 is 17.6 Å². The zero-order valence-electron chi connectivity index (χ0n) is 5.27. The SMILES string of the molecule is CC1(C)OC(=O)C=C1Cl. The lowest BCUT2D eigenvalue weighted by atomic mass is 10.1. The summed E-state index contributed by atoms with van der Waals surface area (Å²) in [5.74, 6) is -0.356. The van der Waals surface area contributed by atoms with E-state index in [0.29, 0.717) is 5.03 Å². The summed E-state index contributed by atoms with van der Waals surface area (Å²) < 4.78 is 4.80. The average Bonchev–Trinajstić information content (AvgIpc) is 1.79. The number of cyclic esters (lactones) is 1. The highest BCUT2D eigenvalue weighted by molar-refractivity contribution is 6.32. The van der Waals surface area contributed by atoms with Gasteiger partial charge in [0, 0.05) is 6.08 Å². The quantitative estimate of drug-likeness (QED) is 0.484. The molecule has 0 radical (unpaired) electrons. The molecule has 0 aromatic carbocycles. The van der Waals surface area contributed by atoms with Gasteiger partial charge in [0.25, 0.3) is 0 Å². The fraction of sp³-hybridized carbons (Fsp3) is 0.500. The van der Waals surface area contributed by atoms with Crippen molar-refractivity contribution in [2.24, 2.45) is 0 Å². The third kappa shape index (κ3) is 1.08. The van der Waals surface area contributed by atoms with Crippen LogP contribution in [0.2, 0.25) is 0 Å². The zero-order valence-corrected chi connectivity index (χ0v) is 6.03. The van der Waals surface area contributed by atoms with Gasteiger partial charge in [-0.1, -0.05) is 11.6 Å². The van der Waals surface area contributed by atoms with Gasteiger partial charge >= 0.3 is 5.97 Å². The number of halogens is 1. The Morgan fingerprint density at radius 1 is 1.67 bits per heavy atom. The maximum atomic E-state index is 10.5. The second-order valence-corrected chi connectivity index (χ2v) is 2.83. The van der Waals surface area contributed by atoms with E-state index < -0.39 is 5.60 Å². The molecule has 1 aliphatic rings. The Morgan fingerprint density at radius 2 is 2.22 bits per heavy atom. The van der Waals surface area contributed by atoms with E-state index in [9.17, 15) is 4.79 Å². The van der Waals surface area contributed by atoms with E-state index in [0.717, 1.165) is 0 Å². The Kier molecular flexibility index (Phi) is 1.28. The Morgan fingerprint density at radius 3 is 2.33 bits per heavy atom. The maximum absolute atomic E-state index is 10.5. The minimum atomic E-state index is -0.599. The van der Waals surface area contributed by atoms with Crippen LogP contribution < -0.4 is 0 Å². The number of esters is 1. The van der Waals surface area contributed by atoms with E-state index in [2.05, 4.69) is 0 Å². The monoisotopic (exact) mass is 146 g/mol. The summed E-state index contributed by atoms with van der Waals surface area (Å²) in [6, 6.07) is 0. The van der Waals surface area contributed by atoms with Crippen LogP contribution in [0.15, 0.2) is 11.1 Å². The molecule has 0 atom stereocenters. The Labute approximate surface area is 58.4 Å². The minimum Gasteiger partial charge on any atom is -0.451 e. The first-order chi connectivity index (χ1) is 4.02. The van der Waals surface area contributed by atoms with Crippen LogP contribution in [0.4, 0.5) is 0 Å². The molecule has 1 rings (SSSR count). The highest BCUT2D eigenvalue weighted by Crippen LogP contribution is 2.29. The molecule has 0 saturated carbocycles. The molecule has 1 aliphatic heterocycles. The molecule has 0 bridgehead atoms. The number of carbonyl (C=O) groups excluding carboxylic acids is 1. The van der Waals surface area contributed by atoms with Gasteiger partial charge in [-0.3, -0.25) is 0 Å². The molecule has 0 aromatic rings. The van der Waals surface area contributed by atoms with Crippen molar-refractivity contribution in [2.75, 3.05) is 0 Å². The molecule has 0 aliphatic carbocycles. The Balaban J connectivity index is 2.89. The second kappa shape index (κ2) is 1.74. The highest BCUT2D eigenvalue weighted by atomic mass is 35.5. The summed E-state index contributed by atoms with van der Waals surface area (Å²) in [7, 11) is 0. The number of carbonyl (C=O) groups is 1. The smallest absolute Gasteiger partial charge is 0.332 e. The van der Waals surface area contributed by atoms with Crippen molar-refractivity contribution in [3.8, 4) is 0 Å². The highest BCUT2D eigenvalue weighted by Gasteiger charge is 2.32. The van der Waals surface area contributed by atoms with Crippen LogP contribution in [0.1, 0.15) is 13.8 Å². The summed E-state index contributed by atoms with van der Waals surface area (Å²) in [6.07, 6.45) is 1.29. The molecular weight excluding hydrogens is 140 g/mol. The number of hydrogen-bond donors (Lipinski definition) is 0. The zero-order chi connectivity index (χ0) is 7.07. The lowest BCUT2D eigenvalue weighted by molar-refractivity contribution is -0.143. The van der Waals surface area contributed by atoms with Gasteiger partial charge in [-0.05, 0) is 13.8 Å². The van der Waals surface area contributed by atoms with Crippen LogP contribution in [0, 0.1) is 0 Å². The molecule has 0 unspecified atom stereocenters. The molecule has 0 fully saturated rings. The first kappa shape index (κ1) is 6.62. The van der Waals surface area contributed by atoms with Crippen LogP contribution in [-0.4, -0.2) is 11.6 Å². The molecule has 3 heteroatoms. The van der Waals surface area contributed by atoms with Gasteiger partial charge < -0.3 is 4.74 Å². The van der Waals surface area contributed by atoms with Crippen molar-refractivity contribution in [1.82, 2.24) is 0 Å². The van der Waals surface area contributed by atoms with Gasteiger partial charge in [0.05, 0.1) is 5.03 Å². The fourth-order valence-corrected chi connectivity index (χ4v) is 0.735. The van der Waals surface area contributed by atoms with Gasteiger partial charge in [-0.25, -0.2) is 4.79 Å². The van der Waals surface area contributed by atoms with Crippen LogP contribution in [-0.2, 0) is 9.53 Å². The molecule has 9 heavy (non-hydrogen) atoms. The Bertz CT molecular complexity index is 181. The van der Waals surface area contributed by atoms with Crippen molar-refractivity contribution in [2.45, 2.75) is 19.4 Å². The summed E-state index contributed by atoms with van der Waals surface area (Å²) in [4.78, 5) is 10.5. The number of ether oxygens (including phenoxy) is 1. The summed E-state index contributed by atoms with van der Waals surface area (Å²) in [6.45, 7) is 3.49. The van der Waals surface area contributed by atoms with Gasteiger partial charge in [0.2, 0.25) is 0 Å². The second-order valence-electron chi connectivity index (χ2n) is 2.42. The molecule has 0 spiro atoms. The molecular formula is C6H7ClO2. The molecule has 0 aromatic heterocycles. The molecule has 50 valence electrons. The predicted molar refractivity (Wildman–Crippen MR) is 34.1 cm³/mol. The third-order valence-electron chi connectivity index (χ3n) is 1.18. The fourth-order valence-electron chi connectivity index (χ4n) is 0.607. The minimum absolute atomic E-state index is 0.356. The summed E-state index contributed by atoms with van der Waals surface area (Å²) in [5, 5.41) is 0.465. The standard InChI is InChI=1S/C6H7ClO2/c1-6(2)4(7)3-5(8)9-6/h3H,1-2H3. The molecule has 0 N–H and O–H groups in total. The van der Waals surface area contributed by atoms with E-state index in [4.69, 9.17) is 16.3 Å². The Hall–Kier alpha value is -0.500. The van der Waals surface area contributed by atoms with Crippen molar-refractivity contribution < 1.29 is 9.53 Å². The summed E-state index contributed by atoms with van der Waals surface area (Å²) in [5.41, 5.74) is -0.599. The number of rotatable bonds is 0. The van der Waals surface area contributed by atoms with Gasteiger partial charge in [0.1, 0.15) is 5.60 Å². The van der Waals surface area contributed by atoms with E-state index in [1.807, 2.05) is 0 Å². The van der Waals surface area contributed by atoms with Crippen LogP contribution in [0.5, 0.6) is 0 Å². The van der Waals surface area contributed by atoms with E-state index in [1.165, 1.54) is 6.08 Å². The van der Waals surface area contributed by atoms with Crippen molar-refractivity contribution in [3.05, 3.63) is 11.1 Å². The van der Waals surface area contributed by atoms with Crippen molar-refractivity contribution in [1.29, 1.82) is 0 Å². The first-order valence-corrected chi connectivity index (χ1v) is 3.01. The van der Waals surface area contributed by atoms with Crippen LogP contribution >= 0.6 is 11.6 Å². The van der Waals surface area contributed by atoms with Gasteiger partial charge in [0.15, 0.2) is 0 Å². The molecule has 0 amide bonds. The van der Waals surface area contributed by atoms with Gasteiger partial charge in [-0.15, -0.1) is 0 Å². The maximum Gasteiger partial charge on any atom is 0.332 e.